The number of carbonyl (C=O) groups excluding carboxylic acids is 1. The predicted molar refractivity (Wildman–Crippen MR) is 111 cm³/mol. The Bertz CT molecular complexity index is 1200. The number of amides is 2. The fourth-order valence-electron chi connectivity index (χ4n) is 2.98. The van der Waals surface area contributed by atoms with Crippen LogP contribution in [0.5, 0.6) is 0 Å². The normalized spacial score (nSPS) is 11.5. The Morgan fingerprint density at radius 3 is 2.33 bits per heavy atom. The van der Waals surface area contributed by atoms with E-state index in [4.69, 9.17) is 11.6 Å². The third-order valence-electron chi connectivity index (χ3n) is 4.44. The summed E-state index contributed by atoms with van der Waals surface area (Å²) in [5, 5.41) is 13.1. The Kier molecular flexibility index (Phi) is 5.09. The highest BCUT2D eigenvalue weighted by Crippen LogP contribution is 2.34. The molecule has 152 valence electrons. The molecule has 4 aromatic rings. The van der Waals surface area contributed by atoms with E-state index in [1.54, 1.807) is 6.07 Å². The van der Waals surface area contributed by atoms with Gasteiger partial charge in [0.2, 0.25) is 0 Å². The number of anilines is 2. The van der Waals surface area contributed by atoms with Gasteiger partial charge in [-0.05, 0) is 42.0 Å². The zero-order valence-corrected chi connectivity index (χ0v) is 16.0. The smallest absolute Gasteiger partial charge is 0.308 e. The first kappa shape index (κ1) is 19.8. The standard InChI is InChI=1S/C21H14ClF3N4O/c22-17-11-18-16(10-15(17)12-4-2-1-3-5-12)19(29-28-18)27-20(30)26-14-8-6-13(7-9-14)21(23,24)25/h1-11H,(H3,26,27,28,29,30). The maximum Gasteiger partial charge on any atom is 0.416 e. The van der Waals surface area contributed by atoms with E-state index in [9.17, 15) is 18.0 Å². The largest absolute Gasteiger partial charge is 0.416 e. The van der Waals surface area contributed by atoms with Crippen molar-refractivity contribution in [2.75, 3.05) is 10.6 Å². The number of carbonyl (C=O) groups is 1. The van der Waals surface area contributed by atoms with Crippen LogP contribution in [0.25, 0.3) is 22.0 Å². The minimum absolute atomic E-state index is 0.216. The van der Waals surface area contributed by atoms with Crippen molar-refractivity contribution in [2.24, 2.45) is 0 Å². The van der Waals surface area contributed by atoms with E-state index in [2.05, 4.69) is 20.8 Å². The van der Waals surface area contributed by atoms with Gasteiger partial charge < -0.3 is 5.32 Å². The lowest BCUT2D eigenvalue weighted by Crippen LogP contribution is -2.19. The second-order valence-electron chi connectivity index (χ2n) is 6.47. The Balaban J connectivity index is 1.56. The molecule has 5 nitrogen and oxygen atoms in total. The highest BCUT2D eigenvalue weighted by molar-refractivity contribution is 6.34. The van der Waals surface area contributed by atoms with Crippen molar-refractivity contribution in [3.63, 3.8) is 0 Å². The van der Waals surface area contributed by atoms with Crippen molar-refractivity contribution in [2.45, 2.75) is 6.18 Å². The van der Waals surface area contributed by atoms with Gasteiger partial charge in [-0.15, -0.1) is 0 Å². The summed E-state index contributed by atoms with van der Waals surface area (Å²) in [7, 11) is 0. The second kappa shape index (κ2) is 7.72. The van der Waals surface area contributed by atoms with Gasteiger partial charge in [-0.3, -0.25) is 10.4 Å². The summed E-state index contributed by atoms with van der Waals surface area (Å²) in [6, 6.07) is 16.5. The van der Waals surface area contributed by atoms with Crippen molar-refractivity contribution in [3.05, 3.63) is 77.3 Å². The molecule has 0 aliphatic heterocycles. The number of halogens is 4. The number of urea groups is 1. The average molecular weight is 431 g/mol. The Labute approximate surface area is 173 Å². The molecular weight excluding hydrogens is 417 g/mol. The van der Waals surface area contributed by atoms with Crippen molar-refractivity contribution in [1.29, 1.82) is 0 Å². The molecule has 0 saturated heterocycles. The van der Waals surface area contributed by atoms with E-state index in [0.717, 1.165) is 23.3 Å². The van der Waals surface area contributed by atoms with Gasteiger partial charge in [0.05, 0.1) is 16.1 Å². The molecule has 0 aliphatic rings. The van der Waals surface area contributed by atoms with Gasteiger partial charge >= 0.3 is 12.2 Å². The zero-order chi connectivity index (χ0) is 21.3. The molecule has 2 amide bonds. The molecule has 0 bridgehead atoms. The van der Waals surface area contributed by atoms with Gasteiger partial charge in [0.15, 0.2) is 5.82 Å². The summed E-state index contributed by atoms with van der Waals surface area (Å²) in [5.74, 6) is 0.267. The van der Waals surface area contributed by atoms with Gasteiger partial charge in [-0.2, -0.15) is 18.3 Å². The van der Waals surface area contributed by atoms with Crippen LogP contribution in [0.3, 0.4) is 0 Å². The van der Waals surface area contributed by atoms with Crippen LogP contribution in [0.2, 0.25) is 5.02 Å². The van der Waals surface area contributed by atoms with E-state index >= 15 is 0 Å². The number of benzene rings is 3. The lowest BCUT2D eigenvalue weighted by atomic mass is 10.0. The number of H-pyrrole nitrogens is 1. The molecule has 9 heteroatoms. The summed E-state index contributed by atoms with van der Waals surface area (Å²) in [6.07, 6.45) is -4.44. The summed E-state index contributed by atoms with van der Waals surface area (Å²) >= 11 is 6.38. The molecule has 0 radical (unpaired) electrons. The molecular formula is C21H14ClF3N4O. The molecule has 3 aromatic carbocycles. The summed E-state index contributed by atoms with van der Waals surface area (Å²) in [5.41, 5.74) is 1.73. The third-order valence-corrected chi connectivity index (χ3v) is 4.75. The number of nitrogens with one attached hydrogen (secondary N) is 3. The monoisotopic (exact) mass is 430 g/mol. The number of hydrogen-bond donors (Lipinski definition) is 3. The fraction of sp³-hybridized carbons (Fsp3) is 0.0476. The van der Waals surface area contributed by atoms with Gasteiger partial charge in [-0.1, -0.05) is 41.9 Å². The van der Waals surface area contributed by atoms with E-state index in [-0.39, 0.29) is 11.5 Å². The molecule has 0 saturated carbocycles. The van der Waals surface area contributed by atoms with Gasteiger partial charge in [-0.25, -0.2) is 4.79 Å². The molecule has 0 fully saturated rings. The highest BCUT2D eigenvalue weighted by atomic mass is 35.5. The van der Waals surface area contributed by atoms with Crippen LogP contribution >= 0.6 is 11.6 Å². The Morgan fingerprint density at radius 2 is 1.67 bits per heavy atom. The SMILES string of the molecule is O=C(Nc1ccc(C(F)(F)F)cc1)Nc1n[nH]c2cc(Cl)c(-c3ccccc3)cc12. The molecule has 0 unspecified atom stereocenters. The molecule has 0 spiro atoms. The quantitative estimate of drug-likeness (QED) is 0.345. The number of alkyl halides is 3. The first-order chi connectivity index (χ1) is 14.3. The molecule has 3 N–H and O–H groups in total. The third kappa shape index (κ3) is 4.08. The average Bonchev–Trinajstić information content (AvgIpc) is 3.09. The minimum atomic E-state index is -4.44. The van der Waals surface area contributed by atoms with Gasteiger partial charge in [0.25, 0.3) is 0 Å². The van der Waals surface area contributed by atoms with Crippen molar-refractivity contribution < 1.29 is 18.0 Å². The Hall–Kier alpha value is -3.52. The van der Waals surface area contributed by atoms with Crippen LogP contribution < -0.4 is 10.6 Å². The van der Waals surface area contributed by atoms with E-state index in [0.29, 0.717) is 15.9 Å². The van der Waals surface area contributed by atoms with Crippen LogP contribution in [0.15, 0.2) is 66.7 Å². The molecule has 0 aliphatic carbocycles. The number of hydrogen-bond acceptors (Lipinski definition) is 2. The van der Waals surface area contributed by atoms with E-state index < -0.39 is 17.8 Å². The number of aromatic amines is 1. The predicted octanol–water partition coefficient (Wildman–Crippen LogP) is 6.55. The topological polar surface area (TPSA) is 69.8 Å². The second-order valence-corrected chi connectivity index (χ2v) is 6.88. The molecule has 30 heavy (non-hydrogen) atoms. The lowest BCUT2D eigenvalue weighted by Gasteiger charge is -2.09. The number of rotatable bonds is 3. The summed E-state index contributed by atoms with van der Waals surface area (Å²) < 4.78 is 37.9. The number of nitrogens with zero attached hydrogens (tertiary/aromatic N) is 1. The molecule has 1 heterocycles. The maximum absolute atomic E-state index is 12.6. The fourth-order valence-corrected chi connectivity index (χ4v) is 3.26. The maximum atomic E-state index is 12.6. The van der Waals surface area contributed by atoms with Crippen molar-refractivity contribution in [1.82, 2.24) is 10.2 Å². The number of aromatic nitrogens is 2. The minimum Gasteiger partial charge on any atom is -0.308 e. The van der Waals surface area contributed by atoms with Crippen molar-refractivity contribution in [3.8, 4) is 11.1 Å². The van der Waals surface area contributed by atoms with Gasteiger partial charge in [0, 0.05) is 16.6 Å². The molecule has 1 aromatic heterocycles. The van der Waals surface area contributed by atoms with Crippen molar-refractivity contribution >= 4 is 40.0 Å². The lowest BCUT2D eigenvalue weighted by molar-refractivity contribution is -0.137. The summed E-state index contributed by atoms with van der Waals surface area (Å²) in [4.78, 5) is 12.3. The molecule has 4 rings (SSSR count). The number of fused-ring (bicyclic) bond motifs is 1. The van der Waals surface area contributed by atoms with Gasteiger partial charge in [0.1, 0.15) is 0 Å². The Morgan fingerprint density at radius 1 is 0.967 bits per heavy atom. The van der Waals surface area contributed by atoms with Crippen LogP contribution in [0.1, 0.15) is 5.56 Å². The van der Waals surface area contributed by atoms with Crippen LogP contribution in [0, 0.1) is 0 Å². The van der Waals surface area contributed by atoms with Crippen LogP contribution in [0.4, 0.5) is 29.5 Å². The van der Waals surface area contributed by atoms with E-state index in [1.165, 1.54) is 12.1 Å². The molecule has 0 atom stereocenters. The highest BCUT2D eigenvalue weighted by Gasteiger charge is 2.30. The first-order valence-corrected chi connectivity index (χ1v) is 9.17. The van der Waals surface area contributed by atoms with E-state index in [1.807, 2.05) is 36.4 Å². The van der Waals surface area contributed by atoms with Crippen LogP contribution in [-0.4, -0.2) is 16.2 Å². The first-order valence-electron chi connectivity index (χ1n) is 8.79. The van der Waals surface area contributed by atoms with Crippen LogP contribution in [-0.2, 0) is 6.18 Å². The summed E-state index contributed by atoms with van der Waals surface area (Å²) in [6.45, 7) is 0. The zero-order valence-electron chi connectivity index (χ0n) is 15.2.